The Morgan fingerprint density at radius 3 is 2.18 bits per heavy atom. The van der Waals surface area contributed by atoms with Gasteiger partial charge in [0.25, 0.3) is 0 Å². The number of carbonyl (C=O) groups excluding carboxylic acids is 1. The van der Waals surface area contributed by atoms with E-state index in [0.717, 1.165) is 12.8 Å². The Balaban J connectivity index is 4.42. The van der Waals surface area contributed by atoms with Gasteiger partial charge in [-0.05, 0) is 30.7 Å². The van der Waals surface area contributed by atoms with E-state index in [2.05, 4.69) is 19.7 Å². The summed E-state index contributed by atoms with van der Waals surface area (Å²) >= 11 is 0. The normalized spacial score (nSPS) is 11.6. The zero-order valence-electron chi connectivity index (χ0n) is 10.1. The molecule has 0 aromatic heterocycles. The van der Waals surface area contributed by atoms with Crippen molar-refractivity contribution < 1.29 is 14.3 Å². The Bertz CT molecular complexity index is 348. The van der Waals surface area contributed by atoms with Gasteiger partial charge in [0, 0.05) is 0 Å². The predicted molar refractivity (Wildman–Crippen MR) is 69.2 cm³/mol. The second kappa shape index (κ2) is 9.21. The van der Waals surface area contributed by atoms with Crippen LogP contribution in [-0.4, -0.2) is 6.16 Å². The van der Waals surface area contributed by atoms with Crippen molar-refractivity contribution in [2.75, 3.05) is 0 Å². The van der Waals surface area contributed by atoms with Crippen LogP contribution in [0.3, 0.4) is 0 Å². The van der Waals surface area contributed by atoms with Gasteiger partial charge in [-0.15, -0.1) is 0 Å². The largest absolute Gasteiger partial charge is 0.519 e. The van der Waals surface area contributed by atoms with Crippen molar-refractivity contribution in [1.29, 1.82) is 0 Å². The van der Waals surface area contributed by atoms with Crippen LogP contribution in [0.1, 0.15) is 19.8 Å². The maximum Gasteiger partial charge on any atom is 0.519 e. The minimum absolute atomic E-state index is 0.281. The molecule has 0 aromatic carbocycles. The number of unbranched alkanes of at least 4 members (excludes halogenated alkanes) is 1. The summed E-state index contributed by atoms with van der Waals surface area (Å²) < 4.78 is 9.81. The molecule has 0 aliphatic carbocycles. The smallest absolute Gasteiger partial charge is 0.395 e. The summed E-state index contributed by atoms with van der Waals surface area (Å²) in [6.07, 6.45) is 8.59. The van der Waals surface area contributed by atoms with E-state index in [4.69, 9.17) is 9.47 Å². The zero-order valence-corrected chi connectivity index (χ0v) is 10.1. The highest BCUT2D eigenvalue weighted by molar-refractivity contribution is 5.64. The summed E-state index contributed by atoms with van der Waals surface area (Å²) in [7, 11) is 0. The molecule has 0 aliphatic rings. The topological polar surface area (TPSA) is 35.5 Å². The van der Waals surface area contributed by atoms with E-state index in [9.17, 15) is 4.79 Å². The van der Waals surface area contributed by atoms with Crippen LogP contribution < -0.4 is 0 Å². The molecule has 0 amide bonds. The van der Waals surface area contributed by atoms with Crippen LogP contribution in [0.5, 0.6) is 0 Å². The Hall–Kier alpha value is -2.03. The van der Waals surface area contributed by atoms with Crippen LogP contribution >= 0.6 is 0 Å². The van der Waals surface area contributed by atoms with Gasteiger partial charge in [-0.3, -0.25) is 0 Å². The minimum atomic E-state index is -0.819. The first-order valence-corrected chi connectivity index (χ1v) is 5.35. The van der Waals surface area contributed by atoms with E-state index >= 15 is 0 Å². The highest BCUT2D eigenvalue weighted by Gasteiger charge is 2.07. The quantitative estimate of drug-likeness (QED) is 0.375. The summed E-state index contributed by atoms with van der Waals surface area (Å²) in [4.78, 5) is 11.4. The SMILES string of the molecule is C=C/C=C(\C=C)OC(=O)O/C(C=C)=C/CCC. The lowest BCUT2D eigenvalue weighted by Gasteiger charge is -2.06. The maximum absolute atomic E-state index is 11.4. The van der Waals surface area contributed by atoms with Gasteiger partial charge in [-0.2, -0.15) is 0 Å². The summed E-state index contributed by atoms with van der Waals surface area (Å²) in [6, 6.07) is 0. The van der Waals surface area contributed by atoms with Crippen LogP contribution in [0.2, 0.25) is 0 Å². The molecule has 0 unspecified atom stereocenters. The maximum atomic E-state index is 11.4. The van der Waals surface area contributed by atoms with Crippen molar-refractivity contribution in [2.24, 2.45) is 0 Å². The van der Waals surface area contributed by atoms with Crippen molar-refractivity contribution in [2.45, 2.75) is 19.8 Å². The first-order valence-electron chi connectivity index (χ1n) is 5.35. The first-order chi connectivity index (χ1) is 8.17. The number of allylic oxidation sites excluding steroid dienone is 5. The monoisotopic (exact) mass is 234 g/mol. The van der Waals surface area contributed by atoms with Crippen molar-refractivity contribution in [3.8, 4) is 0 Å². The Morgan fingerprint density at radius 1 is 1.12 bits per heavy atom. The standard InChI is InChI=1S/C14H18O3/c1-5-9-11-13(8-4)17-14(15)16-12(7-3)10-6-2/h6-8,10-11H,2-5,9H2,1H3/b12-10+,13-11+. The third-order valence-corrected chi connectivity index (χ3v) is 1.72. The van der Waals surface area contributed by atoms with Gasteiger partial charge in [0.15, 0.2) is 0 Å². The molecule has 3 nitrogen and oxygen atoms in total. The second-order valence-corrected chi connectivity index (χ2v) is 3.06. The highest BCUT2D eigenvalue weighted by atomic mass is 16.7. The second-order valence-electron chi connectivity index (χ2n) is 3.06. The molecule has 0 aliphatic heterocycles. The molecule has 0 atom stereocenters. The first kappa shape index (κ1) is 15.0. The molecule has 92 valence electrons. The van der Waals surface area contributed by atoms with Gasteiger partial charge in [0.2, 0.25) is 0 Å². The fraction of sp³-hybridized carbons (Fsp3) is 0.214. The molecule has 0 aromatic rings. The third-order valence-electron chi connectivity index (χ3n) is 1.72. The third kappa shape index (κ3) is 6.95. The molecule has 0 saturated carbocycles. The van der Waals surface area contributed by atoms with Crippen LogP contribution in [0, 0.1) is 0 Å². The molecule has 0 bridgehead atoms. The van der Waals surface area contributed by atoms with Gasteiger partial charge in [0.1, 0.15) is 11.5 Å². The molecule has 0 fully saturated rings. The highest BCUT2D eigenvalue weighted by Crippen LogP contribution is 2.07. The number of carbonyl (C=O) groups is 1. The number of hydrogen-bond acceptors (Lipinski definition) is 3. The molecule has 0 N–H and O–H groups in total. The number of rotatable bonds is 7. The summed E-state index contributed by atoms with van der Waals surface area (Å²) in [5, 5.41) is 0. The van der Waals surface area contributed by atoms with Crippen molar-refractivity contribution >= 4 is 6.16 Å². The molecule has 0 radical (unpaired) electrons. The number of ether oxygens (including phenoxy) is 2. The molecule has 0 saturated heterocycles. The van der Waals surface area contributed by atoms with E-state index in [-0.39, 0.29) is 5.76 Å². The average molecular weight is 234 g/mol. The molecule has 0 rings (SSSR count). The molecule has 0 spiro atoms. The van der Waals surface area contributed by atoms with Crippen LogP contribution in [0.25, 0.3) is 0 Å². The van der Waals surface area contributed by atoms with Gasteiger partial charge in [-0.1, -0.05) is 39.2 Å². The van der Waals surface area contributed by atoms with Crippen molar-refractivity contribution in [3.63, 3.8) is 0 Å². The lowest BCUT2D eigenvalue weighted by atomic mass is 10.3. The van der Waals surface area contributed by atoms with Crippen molar-refractivity contribution in [1.82, 2.24) is 0 Å². The summed E-state index contributed by atoms with van der Waals surface area (Å²) in [6.45, 7) is 12.6. The Kier molecular flexibility index (Phi) is 8.11. The number of hydrogen-bond donors (Lipinski definition) is 0. The zero-order chi connectivity index (χ0) is 13.1. The fourth-order valence-electron chi connectivity index (χ4n) is 0.926. The minimum Gasteiger partial charge on any atom is -0.395 e. The fourth-order valence-corrected chi connectivity index (χ4v) is 0.926. The van der Waals surface area contributed by atoms with Gasteiger partial charge < -0.3 is 9.47 Å². The summed E-state index contributed by atoms with van der Waals surface area (Å²) in [5.74, 6) is 0.669. The molecular formula is C14H18O3. The van der Waals surface area contributed by atoms with E-state index in [1.807, 2.05) is 6.92 Å². The van der Waals surface area contributed by atoms with Crippen molar-refractivity contribution in [3.05, 3.63) is 61.6 Å². The molecule has 3 heteroatoms. The van der Waals surface area contributed by atoms with E-state index in [1.165, 1.54) is 24.3 Å². The predicted octanol–water partition coefficient (Wildman–Crippen LogP) is 4.27. The Labute approximate surface area is 102 Å². The van der Waals surface area contributed by atoms with E-state index < -0.39 is 6.16 Å². The Morgan fingerprint density at radius 2 is 1.71 bits per heavy atom. The summed E-state index contributed by atoms with van der Waals surface area (Å²) in [5.41, 5.74) is 0. The van der Waals surface area contributed by atoms with Gasteiger partial charge >= 0.3 is 6.16 Å². The lowest BCUT2D eigenvalue weighted by molar-refractivity contribution is 0.107. The average Bonchev–Trinajstić information content (AvgIpc) is 2.33. The van der Waals surface area contributed by atoms with Gasteiger partial charge in [0.05, 0.1) is 0 Å². The van der Waals surface area contributed by atoms with Crippen LogP contribution in [0.15, 0.2) is 61.6 Å². The molecule has 0 heterocycles. The van der Waals surface area contributed by atoms with Crippen LogP contribution in [-0.2, 0) is 9.47 Å². The van der Waals surface area contributed by atoms with Gasteiger partial charge in [-0.25, -0.2) is 4.79 Å². The van der Waals surface area contributed by atoms with Crippen LogP contribution in [0.4, 0.5) is 4.79 Å². The molecule has 17 heavy (non-hydrogen) atoms. The van der Waals surface area contributed by atoms with E-state index in [0.29, 0.717) is 5.76 Å². The lowest BCUT2D eigenvalue weighted by Crippen LogP contribution is -2.05. The van der Waals surface area contributed by atoms with E-state index in [1.54, 1.807) is 6.08 Å². The molecular weight excluding hydrogens is 216 g/mol.